The van der Waals surface area contributed by atoms with Crippen LogP contribution in [-0.2, 0) is 11.8 Å². The van der Waals surface area contributed by atoms with E-state index in [-0.39, 0.29) is 18.1 Å². The second kappa shape index (κ2) is 7.74. The summed E-state index contributed by atoms with van der Waals surface area (Å²) in [5.74, 6) is 0.654. The topological polar surface area (TPSA) is 69.6 Å². The van der Waals surface area contributed by atoms with Crippen molar-refractivity contribution in [1.29, 1.82) is 0 Å². The molecule has 6 heteroatoms. The van der Waals surface area contributed by atoms with Crippen LogP contribution in [-0.4, -0.2) is 23.7 Å². The number of nitrogens with zero attached hydrogens (tertiary/aromatic N) is 1. The summed E-state index contributed by atoms with van der Waals surface area (Å²) in [5.41, 5.74) is 1.13. The predicted octanol–water partition coefficient (Wildman–Crippen LogP) is 2.95. The van der Waals surface area contributed by atoms with Crippen molar-refractivity contribution in [2.24, 2.45) is 7.05 Å². The number of anilines is 1. The van der Waals surface area contributed by atoms with Crippen LogP contribution in [0.15, 0.2) is 59.4 Å². The fourth-order valence-corrected chi connectivity index (χ4v) is 2.68. The first-order valence-electron chi connectivity index (χ1n) is 8.33. The first kappa shape index (κ1) is 17.5. The third-order valence-electron chi connectivity index (χ3n) is 3.94. The summed E-state index contributed by atoms with van der Waals surface area (Å²) in [5, 5.41) is 3.54. The lowest BCUT2D eigenvalue weighted by Gasteiger charge is -2.13. The second-order valence-corrected chi connectivity index (χ2v) is 5.69. The van der Waals surface area contributed by atoms with Crippen LogP contribution in [0, 0.1) is 0 Å². The van der Waals surface area contributed by atoms with Crippen LogP contribution in [0.5, 0.6) is 11.5 Å². The van der Waals surface area contributed by atoms with Gasteiger partial charge in [0, 0.05) is 18.5 Å². The fourth-order valence-electron chi connectivity index (χ4n) is 2.68. The summed E-state index contributed by atoms with van der Waals surface area (Å²) in [6.07, 6.45) is 0. The van der Waals surface area contributed by atoms with Crippen LogP contribution in [0.2, 0.25) is 0 Å². The highest BCUT2D eigenvalue weighted by Crippen LogP contribution is 2.25. The van der Waals surface area contributed by atoms with Crippen molar-refractivity contribution < 1.29 is 14.3 Å². The number of aryl methyl sites for hydroxylation is 1. The molecule has 0 saturated carbocycles. The van der Waals surface area contributed by atoms with Gasteiger partial charge in [0.25, 0.3) is 11.5 Å². The maximum absolute atomic E-state index is 12.3. The van der Waals surface area contributed by atoms with E-state index in [9.17, 15) is 9.59 Å². The molecule has 26 heavy (non-hydrogen) atoms. The van der Waals surface area contributed by atoms with Crippen molar-refractivity contribution in [3.05, 3.63) is 65.0 Å². The first-order valence-corrected chi connectivity index (χ1v) is 8.33. The van der Waals surface area contributed by atoms with Gasteiger partial charge in [0.1, 0.15) is 11.5 Å². The predicted molar refractivity (Wildman–Crippen MR) is 101 cm³/mol. The number of para-hydroxylation sites is 3. The molecule has 0 spiro atoms. The molecule has 3 rings (SSSR count). The quantitative estimate of drug-likeness (QED) is 0.740. The average molecular weight is 352 g/mol. The number of rotatable bonds is 6. The lowest BCUT2D eigenvalue weighted by atomic mass is 10.2. The number of hydrogen-bond donors (Lipinski definition) is 1. The minimum Gasteiger partial charge on any atom is -0.492 e. The highest BCUT2D eigenvalue weighted by molar-refractivity contribution is 5.93. The van der Waals surface area contributed by atoms with E-state index >= 15 is 0 Å². The van der Waals surface area contributed by atoms with E-state index in [1.807, 2.05) is 43.3 Å². The van der Waals surface area contributed by atoms with Gasteiger partial charge in [-0.1, -0.05) is 24.3 Å². The Balaban J connectivity index is 1.76. The van der Waals surface area contributed by atoms with Gasteiger partial charge in [0.05, 0.1) is 17.8 Å². The van der Waals surface area contributed by atoms with Gasteiger partial charge in [-0.15, -0.1) is 0 Å². The molecule has 0 bridgehead atoms. The number of benzene rings is 2. The molecule has 1 heterocycles. The summed E-state index contributed by atoms with van der Waals surface area (Å²) < 4.78 is 12.7. The van der Waals surface area contributed by atoms with Crippen LogP contribution >= 0.6 is 0 Å². The number of hydrogen-bond acceptors (Lipinski definition) is 4. The lowest BCUT2D eigenvalue weighted by Crippen LogP contribution is -2.22. The van der Waals surface area contributed by atoms with Crippen molar-refractivity contribution >= 4 is 22.5 Å². The Kier molecular flexibility index (Phi) is 5.22. The van der Waals surface area contributed by atoms with Crippen LogP contribution < -0.4 is 20.3 Å². The van der Waals surface area contributed by atoms with Gasteiger partial charge in [-0.2, -0.15) is 0 Å². The second-order valence-electron chi connectivity index (χ2n) is 5.69. The van der Waals surface area contributed by atoms with Crippen molar-refractivity contribution in [1.82, 2.24) is 4.57 Å². The summed E-state index contributed by atoms with van der Waals surface area (Å²) in [6.45, 7) is 2.17. The molecule has 0 atom stereocenters. The molecule has 0 fully saturated rings. The Bertz CT molecular complexity index is 995. The van der Waals surface area contributed by atoms with E-state index in [4.69, 9.17) is 9.47 Å². The van der Waals surface area contributed by atoms with Crippen molar-refractivity contribution in [3.63, 3.8) is 0 Å². The minimum absolute atomic E-state index is 0.194. The van der Waals surface area contributed by atoms with Gasteiger partial charge < -0.3 is 19.4 Å². The maximum Gasteiger partial charge on any atom is 0.262 e. The van der Waals surface area contributed by atoms with Gasteiger partial charge in [0.2, 0.25) is 0 Å². The Morgan fingerprint density at radius 1 is 1.04 bits per heavy atom. The fraction of sp³-hybridized carbons (Fsp3) is 0.200. The highest BCUT2D eigenvalue weighted by atomic mass is 16.5. The molecular weight excluding hydrogens is 332 g/mol. The van der Waals surface area contributed by atoms with Crippen molar-refractivity contribution in [2.75, 3.05) is 18.5 Å². The molecule has 3 aromatic rings. The van der Waals surface area contributed by atoms with Crippen LogP contribution in [0.1, 0.15) is 6.92 Å². The smallest absolute Gasteiger partial charge is 0.262 e. The molecule has 134 valence electrons. The van der Waals surface area contributed by atoms with Crippen LogP contribution in [0.4, 0.5) is 5.69 Å². The molecule has 1 aromatic heterocycles. The molecule has 1 amide bonds. The van der Waals surface area contributed by atoms with E-state index in [2.05, 4.69) is 5.32 Å². The number of aromatic nitrogens is 1. The Labute approximate surface area is 151 Å². The monoisotopic (exact) mass is 352 g/mol. The molecule has 1 N–H and O–H groups in total. The zero-order valence-corrected chi connectivity index (χ0v) is 14.7. The molecular formula is C20H20N2O4. The molecule has 0 aliphatic rings. The van der Waals surface area contributed by atoms with Gasteiger partial charge in [0.15, 0.2) is 6.61 Å². The van der Waals surface area contributed by atoms with Crippen LogP contribution in [0.25, 0.3) is 10.9 Å². The van der Waals surface area contributed by atoms with Gasteiger partial charge >= 0.3 is 0 Å². The maximum atomic E-state index is 12.3. The van der Waals surface area contributed by atoms with Gasteiger partial charge in [-0.3, -0.25) is 9.59 Å². The summed E-state index contributed by atoms with van der Waals surface area (Å²) in [7, 11) is 1.70. The molecule has 6 nitrogen and oxygen atoms in total. The van der Waals surface area contributed by atoms with E-state index < -0.39 is 0 Å². The standard InChI is InChI=1S/C20H20N2O4/c1-3-25-17-11-7-5-9-15(17)21-19(23)13-26-18-12-20(24)22(2)16-10-6-4-8-14(16)18/h4-12H,3,13H2,1-2H3,(H,21,23). The van der Waals surface area contributed by atoms with E-state index in [0.717, 1.165) is 10.9 Å². The van der Waals surface area contributed by atoms with E-state index in [0.29, 0.717) is 23.8 Å². The summed E-state index contributed by atoms with van der Waals surface area (Å²) in [6, 6.07) is 16.0. The SMILES string of the molecule is CCOc1ccccc1NC(=O)COc1cc(=O)n(C)c2ccccc12. The average Bonchev–Trinajstić information content (AvgIpc) is 2.65. The highest BCUT2D eigenvalue weighted by Gasteiger charge is 2.11. The third kappa shape index (κ3) is 3.69. The number of amides is 1. The number of carbonyl (C=O) groups is 1. The number of carbonyl (C=O) groups excluding carboxylic acids is 1. The van der Waals surface area contributed by atoms with Crippen LogP contribution in [0.3, 0.4) is 0 Å². The minimum atomic E-state index is -0.332. The molecule has 0 saturated heterocycles. The molecule has 0 radical (unpaired) electrons. The normalized spacial score (nSPS) is 10.5. The van der Waals surface area contributed by atoms with Crippen molar-refractivity contribution in [2.45, 2.75) is 6.92 Å². The number of fused-ring (bicyclic) bond motifs is 1. The van der Waals surface area contributed by atoms with Gasteiger partial charge in [-0.05, 0) is 31.2 Å². The Morgan fingerprint density at radius 3 is 2.58 bits per heavy atom. The Morgan fingerprint density at radius 2 is 1.77 bits per heavy atom. The number of nitrogens with one attached hydrogen (secondary N) is 1. The largest absolute Gasteiger partial charge is 0.492 e. The molecule has 0 aliphatic carbocycles. The van der Waals surface area contributed by atoms with E-state index in [1.165, 1.54) is 6.07 Å². The summed E-state index contributed by atoms with van der Waals surface area (Å²) in [4.78, 5) is 24.3. The molecule has 0 aliphatic heterocycles. The number of pyridine rings is 1. The van der Waals surface area contributed by atoms with E-state index in [1.54, 1.807) is 23.7 Å². The molecule has 0 unspecified atom stereocenters. The Hall–Kier alpha value is -3.28. The third-order valence-corrected chi connectivity index (χ3v) is 3.94. The molecule has 2 aromatic carbocycles. The summed E-state index contributed by atoms with van der Waals surface area (Å²) >= 11 is 0. The first-order chi connectivity index (χ1) is 12.6. The number of ether oxygens (including phenoxy) is 2. The zero-order chi connectivity index (χ0) is 18.5. The van der Waals surface area contributed by atoms with Gasteiger partial charge in [-0.25, -0.2) is 0 Å². The lowest BCUT2D eigenvalue weighted by molar-refractivity contribution is -0.118. The van der Waals surface area contributed by atoms with Crippen molar-refractivity contribution in [3.8, 4) is 11.5 Å². The zero-order valence-electron chi connectivity index (χ0n) is 14.7.